The molecule has 1 aliphatic heterocycles. The summed E-state index contributed by atoms with van der Waals surface area (Å²) >= 11 is 0. The first kappa shape index (κ1) is 14.9. The number of carbonyl (C=O) groups excluding carboxylic acids is 1. The topological polar surface area (TPSA) is 47.6 Å². The van der Waals surface area contributed by atoms with Gasteiger partial charge in [0.1, 0.15) is 5.82 Å². The van der Waals surface area contributed by atoms with E-state index in [0.717, 1.165) is 0 Å². The normalized spacial score (nSPS) is 17.7. The molecule has 0 atom stereocenters. The molecule has 110 valence electrons. The predicted molar refractivity (Wildman–Crippen MR) is 72.6 cm³/mol. The van der Waals surface area contributed by atoms with Crippen molar-refractivity contribution in [2.45, 2.75) is 19.4 Å². The summed E-state index contributed by atoms with van der Waals surface area (Å²) in [6.07, 6.45) is 1.26. The molecule has 0 aliphatic carbocycles. The number of hydrogen-bond acceptors (Lipinski definition) is 4. The second-order valence-corrected chi connectivity index (χ2v) is 5.08. The van der Waals surface area contributed by atoms with Gasteiger partial charge in [-0.05, 0) is 18.9 Å². The molecule has 0 amide bonds. The van der Waals surface area contributed by atoms with Crippen molar-refractivity contribution in [3.8, 4) is 0 Å². The maximum atomic E-state index is 13.5. The number of rotatable bonds is 5. The van der Waals surface area contributed by atoms with Crippen molar-refractivity contribution in [2.24, 2.45) is 5.41 Å². The zero-order valence-corrected chi connectivity index (χ0v) is 11.7. The lowest BCUT2D eigenvalue weighted by molar-refractivity contribution is -0.158. The fraction of sp³-hybridized carbons (Fsp3) is 0.533. The van der Waals surface area contributed by atoms with Gasteiger partial charge in [-0.15, -0.1) is 0 Å². The van der Waals surface area contributed by atoms with E-state index < -0.39 is 5.41 Å². The largest absolute Gasteiger partial charge is 0.469 e. The molecule has 0 saturated carbocycles. The summed E-state index contributed by atoms with van der Waals surface area (Å²) < 4.78 is 23.7. The highest BCUT2D eigenvalue weighted by Crippen LogP contribution is 2.31. The molecule has 5 heteroatoms. The second kappa shape index (κ2) is 6.81. The van der Waals surface area contributed by atoms with Gasteiger partial charge in [-0.25, -0.2) is 4.39 Å². The van der Waals surface area contributed by atoms with Crippen molar-refractivity contribution in [3.05, 3.63) is 35.6 Å². The van der Waals surface area contributed by atoms with Crippen LogP contribution in [0.1, 0.15) is 18.4 Å². The fourth-order valence-corrected chi connectivity index (χ4v) is 2.51. The van der Waals surface area contributed by atoms with E-state index in [1.807, 2.05) is 0 Å². The van der Waals surface area contributed by atoms with Crippen LogP contribution in [0.3, 0.4) is 0 Å². The molecule has 20 heavy (non-hydrogen) atoms. The van der Waals surface area contributed by atoms with Crippen LogP contribution in [0, 0.1) is 11.2 Å². The lowest BCUT2D eigenvalue weighted by atomic mass is 9.80. The molecule has 1 heterocycles. The van der Waals surface area contributed by atoms with Crippen molar-refractivity contribution in [1.82, 2.24) is 5.32 Å². The van der Waals surface area contributed by atoms with Gasteiger partial charge in [0, 0.05) is 31.9 Å². The molecule has 1 aromatic carbocycles. The minimum absolute atomic E-state index is 0.221. The average molecular weight is 281 g/mol. The molecule has 0 unspecified atom stereocenters. The van der Waals surface area contributed by atoms with Gasteiger partial charge in [-0.3, -0.25) is 4.79 Å². The summed E-state index contributed by atoms with van der Waals surface area (Å²) in [7, 11) is 1.40. The van der Waals surface area contributed by atoms with E-state index in [1.165, 1.54) is 13.2 Å². The molecule has 0 bridgehead atoms. The van der Waals surface area contributed by atoms with Crippen molar-refractivity contribution in [1.29, 1.82) is 0 Å². The van der Waals surface area contributed by atoms with Crippen LogP contribution in [-0.4, -0.2) is 32.8 Å². The quantitative estimate of drug-likeness (QED) is 0.837. The van der Waals surface area contributed by atoms with E-state index in [2.05, 4.69) is 5.32 Å². The first-order valence-corrected chi connectivity index (χ1v) is 6.78. The molecule has 1 fully saturated rings. The highest BCUT2D eigenvalue weighted by atomic mass is 19.1. The van der Waals surface area contributed by atoms with E-state index in [0.29, 0.717) is 44.7 Å². The van der Waals surface area contributed by atoms with Gasteiger partial charge in [-0.2, -0.15) is 0 Å². The Bertz CT molecular complexity index is 458. The van der Waals surface area contributed by atoms with Crippen LogP contribution in [0.4, 0.5) is 4.39 Å². The number of carbonyl (C=O) groups is 1. The summed E-state index contributed by atoms with van der Waals surface area (Å²) in [5, 5.41) is 3.17. The lowest BCUT2D eigenvalue weighted by Gasteiger charge is -2.34. The molecule has 0 radical (unpaired) electrons. The lowest BCUT2D eigenvalue weighted by Crippen LogP contribution is -2.45. The summed E-state index contributed by atoms with van der Waals surface area (Å²) in [5.41, 5.74) is 0.0395. The van der Waals surface area contributed by atoms with Gasteiger partial charge in [0.2, 0.25) is 0 Å². The van der Waals surface area contributed by atoms with Crippen LogP contribution >= 0.6 is 0 Å². The number of hydrogen-bond donors (Lipinski definition) is 1. The molecule has 4 nitrogen and oxygen atoms in total. The SMILES string of the molecule is COC(=O)C1(CNCc2ccccc2F)CCOCC1. The Hall–Kier alpha value is -1.46. The van der Waals surface area contributed by atoms with Crippen LogP contribution < -0.4 is 5.32 Å². The van der Waals surface area contributed by atoms with Crippen molar-refractivity contribution in [3.63, 3.8) is 0 Å². The average Bonchev–Trinajstić information content (AvgIpc) is 2.49. The molecule has 0 aromatic heterocycles. The maximum absolute atomic E-state index is 13.5. The predicted octanol–water partition coefficient (Wildman–Crippen LogP) is 1.89. The van der Waals surface area contributed by atoms with Gasteiger partial charge < -0.3 is 14.8 Å². The van der Waals surface area contributed by atoms with E-state index >= 15 is 0 Å². The van der Waals surface area contributed by atoms with E-state index in [-0.39, 0.29) is 11.8 Å². The van der Waals surface area contributed by atoms with Crippen molar-refractivity contribution < 1.29 is 18.7 Å². The fourth-order valence-electron chi connectivity index (χ4n) is 2.51. The minimum atomic E-state index is -0.557. The van der Waals surface area contributed by atoms with E-state index in [4.69, 9.17) is 9.47 Å². The second-order valence-electron chi connectivity index (χ2n) is 5.08. The monoisotopic (exact) mass is 281 g/mol. The Morgan fingerprint density at radius 3 is 2.75 bits per heavy atom. The molecule has 1 aromatic rings. The van der Waals surface area contributed by atoms with E-state index in [9.17, 15) is 9.18 Å². The van der Waals surface area contributed by atoms with Crippen LogP contribution in [0.2, 0.25) is 0 Å². The molecular formula is C15H20FNO3. The third-order valence-electron chi connectivity index (χ3n) is 3.80. The van der Waals surface area contributed by atoms with Crippen molar-refractivity contribution in [2.75, 3.05) is 26.9 Å². The van der Waals surface area contributed by atoms with E-state index in [1.54, 1.807) is 18.2 Å². The van der Waals surface area contributed by atoms with Crippen LogP contribution in [-0.2, 0) is 20.8 Å². The summed E-state index contributed by atoms with van der Waals surface area (Å²) in [4.78, 5) is 12.0. The Labute approximate surface area is 118 Å². The van der Waals surface area contributed by atoms with Crippen LogP contribution in [0.25, 0.3) is 0 Å². The first-order chi connectivity index (χ1) is 9.68. The number of esters is 1. The third kappa shape index (κ3) is 3.35. The molecule has 2 rings (SSSR count). The number of halogens is 1. The summed E-state index contributed by atoms with van der Waals surface area (Å²) in [6, 6.07) is 6.62. The maximum Gasteiger partial charge on any atom is 0.313 e. The Kier molecular flexibility index (Phi) is 5.09. The zero-order valence-electron chi connectivity index (χ0n) is 11.7. The van der Waals surface area contributed by atoms with Crippen molar-refractivity contribution >= 4 is 5.97 Å². The summed E-state index contributed by atoms with van der Waals surface area (Å²) in [6.45, 7) is 1.97. The summed E-state index contributed by atoms with van der Waals surface area (Å²) in [5.74, 6) is -0.457. The smallest absolute Gasteiger partial charge is 0.313 e. The standard InChI is InChI=1S/C15H20FNO3/c1-19-14(18)15(6-8-20-9-7-15)11-17-10-12-4-2-3-5-13(12)16/h2-5,17H,6-11H2,1H3. The molecular weight excluding hydrogens is 261 g/mol. The zero-order chi connectivity index (χ0) is 14.4. The Morgan fingerprint density at radius 2 is 2.10 bits per heavy atom. The van der Waals surface area contributed by atoms with Gasteiger partial charge in [0.15, 0.2) is 0 Å². The third-order valence-corrected chi connectivity index (χ3v) is 3.80. The molecule has 1 saturated heterocycles. The first-order valence-electron chi connectivity index (χ1n) is 6.78. The molecule has 1 aliphatic rings. The molecule has 0 spiro atoms. The van der Waals surface area contributed by atoms with Crippen LogP contribution in [0.15, 0.2) is 24.3 Å². The van der Waals surface area contributed by atoms with Crippen LogP contribution in [0.5, 0.6) is 0 Å². The minimum Gasteiger partial charge on any atom is -0.469 e. The van der Waals surface area contributed by atoms with Gasteiger partial charge in [0.05, 0.1) is 12.5 Å². The Morgan fingerprint density at radius 1 is 1.40 bits per heavy atom. The highest BCUT2D eigenvalue weighted by Gasteiger charge is 2.40. The van der Waals surface area contributed by atoms with Gasteiger partial charge in [0.25, 0.3) is 0 Å². The number of benzene rings is 1. The van der Waals surface area contributed by atoms with Gasteiger partial charge >= 0.3 is 5.97 Å². The highest BCUT2D eigenvalue weighted by molar-refractivity contribution is 5.77. The molecule has 1 N–H and O–H groups in total. The number of ether oxygens (including phenoxy) is 2. The number of methoxy groups -OCH3 is 1. The number of nitrogens with one attached hydrogen (secondary N) is 1. The Balaban J connectivity index is 1.96. The van der Waals surface area contributed by atoms with Gasteiger partial charge in [-0.1, -0.05) is 18.2 Å².